The molecule has 0 fully saturated rings. The summed E-state index contributed by atoms with van der Waals surface area (Å²) in [5, 5.41) is 8.92. The van der Waals surface area contributed by atoms with E-state index in [4.69, 9.17) is 5.11 Å². The first kappa shape index (κ1) is 7.65. The van der Waals surface area contributed by atoms with Crippen molar-refractivity contribution in [2.24, 2.45) is 0 Å². The Kier molecular flexibility index (Phi) is 2.37. The molecule has 0 amide bonds. The average molecular weight is 247 g/mol. The quantitative estimate of drug-likeness (QED) is 0.579. The zero-order chi connectivity index (χ0) is 7.56. The molecule has 0 heterocycles. The Bertz CT molecular complexity index is 238. The number of benzene rings is 1. The summed E-state index contributed by atoms with van der Waals surface area (Å²) in [5.41, 5.74) is 0.785. The molecule has 1 nitrogen and oxygen atoms in total. The van der Waals surface area contributed by atoms with Crippen LogP contribution in [-0.2, 0) is 0 Å². The Morgan fingerprint density at radius 3 is 2.20 bits per heavy atom. The van der Waals surface area contributed by atoms with Crippen molar-refractivity contribution in [3.63, 3.8) is 0 Å². The first-order chi connectivity index (χ1) is 4.70. The van der Waals surface area contributed by atoms with Gasteiger partial charge < -0.3 is 0 Å². The molecule has 0 bridgehead atoms. The van der Waals surface area contributed by atoms with Gasteiger partial charge >= 0.3 is 73.2 Å². The van der Waals surface area contributed by atoms with Crippen molar-refractivity contribution in [3.8, 4) is 0 Å². The number of hydrogen-bond donors (Lipinski definition) is 1. The summed E-state index contributed by atoms with van der Waals surface area (Å²) in [6, 6.07) is 7.59. The molecule has 0 aliphatic carbocycles. The monoisotopic (exact) mass is 249 g/mol. The van der Waals surface area contributed by atoms with Gasteiger partial charge in [0.05, 0.1) is 0 Å². The zero-order valence-electron chi connectivity index (χ0n) is 5.37. The van der Waals surface area contributed by atoms with Crippen LogP contribution in [0.2, 0.25) is 0 Å². The van der Waals surface area contributed by atoms with Crippen molar-refractivity contribution >= 4 is 31.7 Å². The van der Waals surface area contributed by atoms with Gasteiger partial charge in [0.15, 0.2) is 0 Å². The van der Waals surface area contributed by atoms with Crippen LogP contribution in [0.15, 0.2) is 30.8 Å². The van der Waals surface area contributed by atoms with Gasteiger partial charge in [-0.15, -0.1) is 0 Å². The number of rotatable bonds is 1. The van der Waals surface area contributed by atoms with Crippen LogP contribution < -0.4 is 3.61 Å². The van der Waals surface area contributed by atoms with Crippen LogP contribution in [0, 0.1) is 0 Å². The van der Waals surface area contributed by atoms with Gasteiger partial charge in [-0.05, 0) is 0 Å². The van der Waals surface area contributed by atoms with E-state index in [9.17, 15) is 0 Å². The van der Waals surface area contributed by atoms with E-state index in [0.29, 0.717) is 0 Å². The third kappa shape index (κ3) is 1.76. The normalized spacial score (nSPS) is 9.20. The first-order valence-electron chi connectivity index (χ1n) is 2.85. The maximum absolute atomic E-state index is 8.92. The Hall–Kier alpha value is -0.450. The van der Waals surface area contributed by atoms with Crippen molar-refractivity contribution in [2.45, 2.75) is 0 Å². The molecule has 0 spiro atoms. The molecule has 0 aromatic heterocycles. The van der Waals surface area contributed by atoms with Gasteiger partial charge in [0.25, 0.3) is 0 Å². The predicted octanol–water partition coefficient (Wildman–Crippen LogP) is 1.01. The van der Waals surface area contributed by atoms with E-state index < -0.39 is 0 Å². The van der Waals surface area contributed by atoms with Gasteiger partial charge in [-0.2, -0.15) is 0 Å². The van der Waals surface area contributed by atoms with Gasteiger partial charge in [0, 0.05) is 0 Å². The fraction of sp³-hybridized carbons (Fsp3) is 0. The molecule has 1 aromatic carbocycles. The van der Waals surface area contributed by atoms with Crippen molar-refractivity contribution < 1.29 is 5.11 Å². The van der Waals surface area contributed by atoms with E-state index in [-0.39, 0.29) is 5.76 Å². The Labute approximate surface area is 73.3 Å². The third-order valence-electron chi connectivity index (χ3n) is 1.19. The molecule has 1 aromatic rings. The second-order valence-corrected chi connectivity index (χ2v) is 3.32. The molecule has 51 valence electrons. The molecule has 10 heavy (non-hydrogen) atoms. The molecule has 1 rings (SSSR count). The average Bonchev–Trinajstić information content (AvgIpc) is 1.88. The van der Waals surface area contributed by atoms with Crippen molar-refractivity contribution in [1.29, 1.82) is 0 Å². The van der Waals surface area contributed by atoms with Gasteiger partial charge in [0.2, 0.25) is 0 Å². The Morgan fingerprint density at radius 1 is 1.30 bits per heavy atom. The molecule has 0 aliphatic rings. The van der Waals surface area contributed by atoms with E-state index in [1.54, 1.807) is 0 Å². The molecule has 1 N–H and O–H groups in total. The topological polar surface area (TPSA) is 20.2 Å². The standard InChI is InChI=1S/C8H7OTe/c1-6(9)7-2-4-8(10)5-3-7/h2-5,9H,1H2. The molecule has 0 saturated carbocycles. The molecule has 0 atom stereocenters. The van der Waals surface area contributed by atoms with Gasteiger partial charge in [0.1, 0.15) is 0 Å². The molecule has 1 radical (unpaired) electrons. The summed E-state index contributed by atoms with van der Waals surface area (Å²) in [6.45, 7) is 3.41. The molecule has 2 heteroatoms. The van der Waals surface area contributed by atoms with E-state index in [2.05, 4.69) is 6.58 Å². The molecular weight excluding hydrogens is 240 g/mol. The number of aliphatic hydroxyl groups excluding tert-OH is 1. The van der Waals surface area contributed by atoms with Crippen LogP contribution in [-0.4, -0.2) is 27.4 Å². The predicted molar refractivity (Wildman–Crippen MR) is 43.5 cm³/mol. The summed E-state index contributed by atoms with van der Waals surface area (Å²) in [5.74, 6) is 0.126. The van der Waals surface area contributed by atoms with E-state index in [0.717, 1.165) is 5.56 Å². The van der Waals surface area contributed by atoms with Crippen molar-refractivity contribution in [3.05, 3.63) is 36.4 Å². The summed E-state index contributed by atoms with van der Waals surface area (Å²) in [7, 11) is 0. The molecular formula is C8H7OTe. The van der Waals surface area contributed by atoms with Gasteiger partial charge in [-0.25, -0.2) is 0 Å². The van der Waals surface area contributed by atoms with Crippen molar-refractivity contribution in [2.75, 3.05) is 0 Å². The zero-order valence-corrected chi connectivity index (χ0v) is 7.70. The second kappa shape index (κ2) is 3.09. The van der Waals surface area contributed by atoms with Crippen LogP contribution in [0.1, 0.15) is 5.56 Å². The summed E-state index contributed by atoms with van der Waals surface area (Å²) < 4.78 is 1.20. The fourth-order valence-electron chi connectivity index (χ4n) is 0.647. The van der Waals surface area contributed by atoms with E-state index in [1.807, 2.05) is 46.6 Å². The van der Waals surface area contributed by atoms with Crippen LogP contribution >= 0.6 is 0 Å². The van der Waals surface area contributed by atoms with Crippen LogP contribution in [0.4, 0.5) is 0 Å². The first-order valence-corrected chi connectivity index (χ1v) is 4.02. The summed E-state index contributed by atoms with van der Waals surface area (Å²) in [4.78, 5) is 0. The third-order valence-corrected chi connectivity index (χ3v) is 1.96. The Balaban J connectivity index is 3.00. The van der Waals surface area contributed by atoms with Crippen molar-refractivity contribution in [1.82, 2.24) is 0 Å². The minimum atomic E-state index is 0.126. The van der Waals surface area contributed by atoms with Gasteiger partial charge in [-0.1, -0.05) is 0 Å². The summed E-state index contributed by atoms with van der Waals surface area (Å²) >= 11 is 1.94. The van der Waals surface area contributed by atoms with E-state index in [1.165, 1.54) is 3.61 Å². The van der Waals surface area contributed by atoms with Crippen LogP contribution in [0.5, 0.6) is 0 Å². The maximum atomic E-state index is 8.92. The molecule has 0 unspecified atom stereocenters. The fourth-order valence-corrected chi connectivity index (χ4v) is 1.04. The molecule has 0 aliphatic heterocycles. The van der Waals surface area contributed by atoms with E-state index >= 15 is 0 Å². The molecule has 0 saturated heterocycles. The number of aliphatic hydroxyl groups is 1. The Morgan fingerprint density at radius 2 is 1.80 bits per heavy atom. The van der Waals surface area contributed by atoms with Crippen LogP contribution in [0.3, 0.4) is 0 Å². The second-order valence-electron chi connectivity index (χ2n) is 1.97. The van der Waals surface area contributed by atoms with Gasteiger partial charge in [-0.3, -0.25) is 0 Å². The van der Waals surface area contributed by atoms with Crippen LogP contribution in [0.25, 0.3) is 5.76 Å². The SMILES string of the molecule is C=C(O)c1ccc([Te])cc1. The number of hydrogen-bond acceptors (Lipinski definition) is 1. The summed E-state index contributed by atoms with van der Waals surface area (Å²) in [6.07, 6.45) is 0. The minimum absolute atomic E-state index is 0.126.